The molecule has 2 unspecified atom stereocenters. The fraction of sp³-hybridized carbons (Fsp3) is 0.533. The summed E-state index contributed by atoms with van der Waals surface area (Å²) in [7, 11) is -0.795. The van der Waals surface area contributed by atoms with Crippen molar-refractivity contribution in [3.8, 4) is 0 Å². The standard InChI is InChI=1S/C15H22N2O2S/c1-3-12-5-7-13(8-6-12)15-16-11-14(18)17(15)9-4-10-20(2)19/h5-8,15-16H,3-4,9-11H2,1-2H3. The topological polar surface area (TPSA) is 49.4 Å². The normalized spacial score (nSPS) is 20.4. The van der Waals surface area contributed by atoms with Crippen molar-refractivity contribution in [2.24, 2.45) is 0 Å². The van der Waals surface area contributed by atoms with Crippen LogP contribution in [0.5, 0.6) is 0 Å². The van der Waals surface area contributed by atoms with Crippen LogP contribution in [0.25, 0.3) is 0 Å². The molecule has 1 aromatic carbocycles. The highest BCUT2D eigenvalue weighted by Crippen LogP contribution is 2.23. The van der Waals surface area contributed by atoms with Crippen molar-refractivity contribution < 1.29 is 9.00 Å². The molecule has 1 N–H and O–H groups in total. The van der Waals surface area contributed by atoms with E-state index in [-0.39, 0.29) is 12.1 Å². The zero-order chi connectivity index (χ0) is 14.5. The maximum Gasteiger partial charge on any atom is 0.238 e. The maximum atomic E-state index is 11.9. The molecule has 1 saturated heterocycles. The first-order chi connectivity index (χ1) is 9.61. The van der Waals surface area contributed by atoms with Gasteiger partial charge in [0.15, 0.2) is 0 Å². The third-order valence-electron chi connectivity index (χ3n) is 3.61. The van der Waals surface area contributed by atoms with Crippen molar-refractivity contribution >= 4 is 16.7 Å². The molecule has 1 aliphatic heterocycles. The molecule has 0 aliphatic carbocycles. The van der Waals surface area contributed by atoms with Gasteiger partial charge in [0, 0.05) is 29.4 Å². The Morgan fingerprint density at radius 2 is 2.05 bits per heavy atom. The lowest BCUT2D eigenvalue weighted by molar-refractivity contribution is -0.128. The van der Waals surface area contributed by atoms with E-state index in [0.717, 1.165) is 18.4 Å². The Labute approximate surface area is 123 Å². The van der Waals surface area contributed by atoms with Gasteiger partial charge in [0.1, 0.15) is 6.17 Å². The fourth-order valence-corrected chi connectivity index (χ4v) is 3.00. The minimum Gasteiger partial charge on any atom is -0.322 e. The van der Waals surface area contributed by atoms with Gasteiger partial charge in [-0.15, -0.1) is 0 Å². The summed E-state index contributed by atoms with van der Waals surface area (Å²) >= 11 is 0. The molecule has 0 spiro atoms. The van der Waals surface area contributed by atoms with Crippen molar-refractivity contribution in [3.05, 3.63) is 35.4 Å². The van der Waals surface area contributed by atoms with E-state index in [1.165, 1.54) is 5.56 Å². The lowest BCUT2D eigenvalue weighted by Crippen LogP contribution is -2.31. The van der Waals surface area contributed by atoms with Crippen molar-refractivity contribution in [1.29, 1.82) is 0 Å². The van der Waals surface area contributed by atoms with Crippen LogP contribution in [0.4, 0.5) is 0 Å². The Kier molecular flexibility index (Phi) is 5.31. The molecule has 1 amide bonds. The minimum atomic E-state index is -0.795. The van der Waals surface area contributed by atoms with Gasteiger partial charge in [0.05, 0.1) is 6.54 Å². The summed E-state index contributed by atoms with van der Waals surface area (Å²) in [6.45, 7) is 3.17. The van der Waals surface area contributed by atoms with Crippen LogP contribution in [0.2, 0.25) is 0 Å². The van der Waals surface area contributed by atoms with Gasteiger partial charge in [-0.3, -0.25) is 14.3 Å². The third-order valence-corrected chi connectivity index (χ3v) is 4.48. The van der Waals surface area contributed by atoms with Gasteiger partial charge in [-0.2, -0.15) is 0 Å². The molecule has 4 nitrogen and oxygen atoms in total. The second-order valence-corrected chi connectivity index (χ2v) is 6.65. The van der Waals surface area contributed by atoms with Crippen LogP contribution in [0.3, 0.4) is 0 Å². The first kappa shape index (κ1) is 15.2. The summed E-state index contributed by atoms with van der Waals surface area (Å²) in [5, 5.41) is 3.25. The predicted octanol–water partition coefficient (Wildman–Crippen LogP) is 1.45. The molecule has 2 atom stereocenters. The van der Waals surface area contributed by atoms with Crippen LogP contribution in [-0.4, -0.2) is 40.1 Å². The van der Waals surface area contributed by atoms with Crippen LogP contribution < -0.4 is 5.32 Å². The van der Waals surface area contributed by atoms with E-state index in [1.54, 1.807) is 6.26 Å². The Morgan fingerprint density at radius 3 is 2.65 bits per heavy atom. The van der Waals surface area contributed by atoms with Gasteiger partial charge in [-0.1, -0.05) is 31.2 Å². The summed E-state index contributed by atoms with van der Waals surface area (Å²) in [6.07, 6.45) is 3.45. The number of hydrogen-bond donors (Lipinski definition) is 1. The Morgan fingerprint density at radius 1 is 1.35 bits per heavy atom. The molecule has 5 heteroatoms. The first-order valence-corrected chi connectivity index (χ1v) is 8.76. The summed E-state index contributed by atoms with van der Waals surface area (Å²) in [4.78, 5) is 13.8. The monoisotopic (exact) mass is 294 g/mol. The van der Waals surface area contributed by atoms with Crippen molar-refractivity contribution in [2.45, 2.75) is 25.9 Å². The number of amides is 1. The number of hydrogen-bond acceptors (Lipinski definition) is 3. The Hall–Kier alpha value is -1.20. The van der Waals surface area contributed by atoms with Gasteiger partial charge in [0.25, 0.3) is 0 Å². The second kappa shape index (κ2) is 6.99. The molecule has 1 aromatic rings. The number of nitrogens with zero attached hydrogens (tertiary/aromatic N) is 1. The van der Waals surface area contributed by atoms with Gasteiger partial charge in [-0.25, -0.2) is 0 Å². The number of rotatable bonds is 6. The quantitative estimate of drug-likeness (QED) is 0.864. The average molecular weight is 294 g/mol. The number of aryl methyl sites for hydroxylation is 1. The number of carbonyl (C=O) groups is 1. The highest BCUT2D eigenvalue weighted by molar-refractivity contribution is 7.84. The molecular formula is C15H22N2O2S. The zero-order valence-electron chi connectivity index (χ0n) is 12.1. The Bertz CT molecular complexity index is 487. The van der Waals surface area contributed by atoms with Crippen LogP contribution in [-0.2, 0) is 22.0 Å². The largest absolute Gasteiger partial charge is 0.322 e. The summed E-state index contributed by atoms with van der Waals surface area (Å²) in [5.41, 5.74) is 2.41. The van der Waals surface area contributed by atoms with Crippen LogP contribution in [0.15, 0.2) is 24.3 Å². The summed E-state index contributed by atoms with van der Waals surface area (Å²) in [5.74, 6) is 0.766. The lowest BCUT2D eigenvalue weighted by Gasteiger charge is -2.24. The van der Waals surface area contributed by atoms with E-state index >= 15 is 0 Å². The molecule has 0 saturated carbocycles. The molecule has 0 bridgehead atoms. The van der Waals surface area contributed by atoms with Crippen molar-refractivity contribution in [1.82, 2.24) is 10.2 Å². The fourth-order valence-electron chi connectivity index (χ4n) is 2.47. The van der Waals surface area contributed by atoms with Crippen LogP contribution >= 0.6 is 0 Å². The SMILES string of the molecule is CCc1ccc(C2NCC(=O)N2CCCS(C)=O)cc1. The van der Waals surface area contributed by atoms with Crippen LogP contribution in [0.1, 0.15) is 30.6 Å². The molecule has 1 aliphatic rings. The molecule has 110 valence electrons. The first-order valence-electron chi connectivity index (χ1n) is 7.03. The van der Waals surface area contributed by atoms with E-state index in [2.05, 4.69) is 36.5 Å². The lowest BCUT2D eigenvalue weighted by atomic mass is 10.1. The predicted molar refractivity (Wildman–Crippen MR) is 81.8 cm³/mol. The van der Waals surface area contributed by atoms with E-state index in [9.17, 15) is 9.00 Å². The molecule has 0 radical (unpaired) electrons. The maximum absolute atomic E-state index is 11.9. The highest BCUT2D eigenvalue weighted by Gasteiger charge is 2.30. The molecular weight excluding hydrogens is 272 g/mol. The number of nitrogens with one attached hydrogen (secondary N) is 1. The third kappa shape index (κ3) is 3.67. The van der Waals surface area contributed by atoms with Gasteiger partial charge < -0.3 is 4.90 Å². The van der Waals surface area contributed by atoms with Crippen LogP contribution in [0, 0.1) is 0 Å². The van der Waals surface area contributed by atoms with E-state index in [0.29, 0.717) is 18.8 Å². The van der Waals surface area contributed by atoms with Crippen molar-refractivity contribution in [2.75, 3.05) is 25.1 Å². The van der Waals surface area contributed by atoms with E-state index < -0.39 is 10.8 Å². The second-order valence-electron chi connectivity index (χ2n) is 5.10. The highest BCUT2D eigenvalue weighted by atomic mass is 32.2. The average Bonchev–Trinajstić information content (AvgIpc) is 2.80. The zero-order valence-corrected chi connectivity index (χ0v) is 12.9. The van der Waals surface area contributed by atoms with E-state index in [4.69, 9.17) is 0 Å². The number of benzene rings is 1. The summed E-state index contributed by atoms with van der Waals surface area (Å²) < 4.78 is 11.1. The van der Waals surface area contributed by atoms with E-state index in [1.807, 2.05) is 4.90 Å². The number of carbonyl (C=O) groups excluding carboxylic acids is 1. The molecule has 1 fully saturated rings. The molecule has 1 heterocycles. The molecule has 2 rings (SSSR count). The van der Waals surface area contributed by atoms with Crippen molar-refractivity contribution in [3.63, 3.8) is 0 Å². The Balaban J connectivity index is 2.04. The van der Waals surface area contributed by atoms with Gasteiger partial charge >= 0.3 is 0 Å². The summed E-state index contributed by atoms with van der Waals surface area (Å²) in [6, 6.07) is 8.39. The van der Waals surface area contributed by atoms with Gasteiger partial charge in [-0.05, 0) is 24.0 Å². The minimum absolute atomic E-state index is 0.0429. The molecule has 0 aromatic heterocycles. The smallest absolute Gasteiger partial charge is 0.238 e. The van der Waals surface area contributed by atoms with Gasteiger partial charge in [0.2, 0.25) is 5.91 Å². The molecule has 20 heavy (non-hydrogen) atoms.